The average molecular weight is 562 g/mol. The maximum atomic E-state index is 12.9. The fraction of sp³-hybridized carbons (Fsp3) is 0.226. The molecule has 1 N–H and O–H groups in total. The zero-order valence-electron chi connectivity index (χ0n) is 22.5. The third-order valence-electron chi connectivity index (χ3n) is 6.71. The lowest BCUT2D eigenvalue weighted by molar-refractivity contribution is -0.137. The number of nitrogens with zero attached hydrogens (tertiary/aromatic N) is 2. The molecule has 0 spiro atoms. The van der Waals surface area contributed by atoms with E-state index in [1.165, 1.54) is 12.1 Å². The van der Waals surface area contributed by atoms with Gasteiger partial charge in [-0.1, -0.05) is 62.1 Å². The van der Waals surface area contributed by atoms with Crippen LogP contribution in [0.2, 0.25) is 25.7 Å². The number of benzene rings is 3. The predicted molar refractivity (Wildman–Crippen MR) is 157 cm³/mol. The summed E-state index contributed by atoms with van der Waals surface area (Å²) in [6.45, 7) is 7.77. The van der Waals surface area contributed by atoms with Crippen molar-refractivity contribution >= 4 is 54.4 Å². The summed E-state index contributed by atoms with van der Waals surface area (Å²) in [5.74, 6) is -0.148. The molecule has 206 valence electrons. The van der Waals surface area contributed by atoms with Crippen molar-refractivity contribution in [3.8, 4) is 0 Å². The summed E-state index contributed by atoms with van der Waals surface area (Å²) in [4.78, 5) is 12.6. The molecule has 1 aromatic heterocycles. The number of carbonyl (C=O) groups is 1. The molecule has 0 bridgehead atoms. The fourth-order valence-corrected chi connectivity index (χ4v) is 5.22. The standard InChI is InChI=1S/C31H30F3N3O2Si/c1-40(2,3)17-16-39-20-37-29-19-22(18-26-24-6-4-5-7-27(24)35-30(26)38)10-14-25(29)28(36-37)15-11-21-8-12-23(13-9-21)31(32,33)34/h4-15,18-19H,16-17,20H2,1-3H3,(H,35,38)/b15-11+,26-18+. The molecule has 0 fully saturated rings. The van der Waals surface area contributed by atoms with Crippen LogP contribution in [0.3, 0.4) is 0 Å². The predicted octanol–water partition coefficient (Wildman–Crippen LogP) is 8.03. The normalized spacial score (nSPS) is 14.8. The summed E-state index contributed by atoms with van der Waals surface area (Å²) in [5, 5.41) is 8.52. The highest BCUT2D eigenvalue weighted by Crippen LogP contribution is 2.34. The summed E-state index contributed by atoms with van der Waals surface area (Å²) in [6.07, 6.45) is 1.03. The molecule has 0 saturated heterocycles. The third kappa shape index (κ3) is 6.26. The number of fused-ring (bicyclic) bond motifs is 2. The first-order valence-electron chi connectivity index (χ1n) is 13.0. The number of hydrogen-bond donors (Lipinski definition) is 1. The number of anilines is 1. The summed E-state index contributed by atoms with van der Waals surface area (Å²) >= 11 is 0. The van der Waals surface area contributed by atoms with Gasteiger partial charge in [0.15, 0.2) is 0 Å². The van der Waals surface area contributed by atoms with Gasteiger partial charge < -0.3 is 10.1 Å². The molecule has 1 aliphatic rings. The summed E-state index contributed by atoms with van der Waals surface area (Å²) in [5.41, 5.74) is 4.54. The van der Waals surface area contributed by atoms with Gasteiger partial charge in [-0.3, -0.25) is 4.79 Å². The zero-order chi connectivity index (χ0) is 28.5. The van der Waals surface area contributed by atoms with Gasteiger partial charge in [0.2, 0.25) is 0 Å². The van der Waals surface area contributed by atoms with E-state index in [1.54, 1.807) is 16.8 Å². The number of rotatable bonds is 8. The molecule has 40 heavy (non-hydrogen) atoms. The largest absolute Gasteiger partial charge is 0.416 e. The average Bonchev–Trinajstić information content (AvgIpc) is 3.41. The number of ether oxygens (including phenoxy) is 1. The number of para-hydroxylation sites is 1. The monoisotopic (exact) mass is 561 g/mol. The lowest BCUT2D eigenvalue weighted by Crippen LogP contribution is -2.22. The Labute approximate surface area is 232 Å². The van der Waals surface area contributed by atoms with Gasteiger partial charge in [0.05, 0.1) is 16.8 Å². The van der Waals surface area contributed by atoms with Crippen molar-refractivity contribution in [2.45, 2.75) is 38.6 Å². The number of carbonyl (C=O) groups excluding carboxylic acids is 1. The van der Waals surface area contributed by atoms with E-state index in [2.05, 4.69) is 25.0 Å². The van der Waals surface area contributed by atoms with Crippen LogP contribution in [0, 0.1) is 0 Å². The summed E-state index contributed by atoms with van der Waals surface area (Å²) in [6, 6.07) is 19.5. The Morgan fingerprint density at radius 2 is 1.70 bits per heavy atom. The number of halogens is 3. The Bertz CT molecular complexity index is 1610. The van der Waals surface area contributed by atoms with Crippen LogP contribution in [-0.4, -0.2) is 30.4 Å². The second-order valence-corrected chi connectivity index (χ2v) is 16.6. The Morgan fingerprint density at radius 3 is 2.42 bits per heavy atom. The summed E-state index contributed by atoms with van der Waals surface area (Å²) < 4.78 is 46.6. The quantitative estimate of drug-likeness (QED) is 0.135. The Kier molecular flexibility index (Phi) is 7.52. The van der Waals surface area contributed by atoms with E-state index in [0.29, 0.717) is 23.4 Å². The molecule has 2 heterocycles. The molecule has 3 aromatic carbocycles. The van der Waals surface area contributed by atoms with Gasteiger partial charge in [-0.25, -0.2) is 4.68 Å². The van der Waals surface area contributed by atoms with Crippen LogP contribution in [0.1, 0.15) is 27.9 Å². The Balaban J connectivity index is 1.47. The molecule has 0 saturated carbocycles. The number of hydrogen-bond acceptors (Lipinski definition) is 3. The van der Waals surface area contributed by atoms with Crippen LogP contribution in [0.25, 0.3) is 34.7 Å². The molecule has 0 aliphatic carbocycles. The van der Waals surface area contributed by atoms with Gasteiger partial charge in [0.25, 0.3) is 5.91 Å². The minimum absolute atomic E-state index is 0.148. The second-order valence-electron chi connectivity index (χ2n) is 11.0. The number of nitrogens with one attached hydrogen (secondary N) is 1. The molecule has 0 unspecified atom stereocenters. The number of alkyl halides is 3. The molecule has 0 atom stereocenters. The van der Waals surface area contributed by atoms with E-state index < -0.39 is 19.8 Å². The van der Waals surface area contributed by atoms with Crippen LogP contribution in [0.15, 0.2) is 66.7 Å². The van der Waals surface area contributed by atoms with Crippen molar-refractivity contribution in [2.75, 3.05) is 11.9 Å². The summed E-state index contributed by atoms with van der Waals surface area (Å²) in [7, 11) is -1.26. The van der Waals surface area contributed by atoms with Gasteiger partial charge in [-0.05, 0) is 59.7 Å². The van der Waals surface area contributed by atoms with Gasteiger partial charge in [0, 0.05) is 36.9 Å². The first kappa shape index (κ1) is 27.6. The maximum Gasteiger partial charge on any atom is 0.416 e. The Morgan fingerprint density at radius 1 is 0.975 bits per heavy atom. The van der Waals surface area contributed by atoms with Crippen LogP contribution in [0.4, 0.5) is 18.9 Å². The molecule has 9 heteroatoms. The van der Waals surface area contributed by atoms with Gasteiger partial charge >= 0.3 is 6.18 Å². The van der Waals surface area contributed by atoms with Gasteiger partial charge in [-0.2, -0.15) is 18.3 Å². The van der Waals surface area contributed by atoms with Gasteiger partial charge in [-0.15, -0.1) is 0 Å². The van der Waals surface area contributed by atoms with E-state index in [-0.39, 0.29) is 12.6 Å². The van der Waals surface area contributed by atoms with Crippen LogP contribution < -0.4 is 5.32 Å². The van der Waals surface area contributed by atoms with Crippen LogP contribution in [-0.2, 0) is 22.4 Å². The lowest BCUT2D eigenvalue weighted by Gasteiger charge is -2.15. The van der Waals surface area contributed by atoms with Crippen molar-refractivity contribution in [1.82, 2.24) is 9.78 Å². The van der Waals surface area contributed by atoms with Crippen molar-refractivity contribution in [3.63, 3.8) is 0 Å². The molecular weight excluding hydrogens is 531 g/mol. The third-order valence-corrected chi connectivity index (χ3v) is 8.41. The molecule has 4 aromatic rings. The lowest BCUT2D eigenvalue weighted by atomic mass is 10.0. The molecule has 5 rings (SSSR count). The van der Waals surface area contributed by atoms with E-state index in [4.69, 9.17) is 9.84 Å². The van der Waals surface area contributed by atoms with E-state index >= 15 is 0 Å². The highest BCUT2D eigenvalue weighted by atomic mass is 28.3. The SMILES string of the molecule is C[Si](C)(C)CCOCn1nc(/C=C/c2ccc(C(F)(F)F)cc2)c2ccc(/C=C3/C(=O)Nc4ccccc43)cc21. The van der Waals surface area contributed by atoms with E-state index in [1.807, 2.05) is 48.5 Å². The maximum absolute atomic E-state index is 12.9. The fourth-order valence-electron chi connectivity index (χ4n) is 4.46. The number of aromatic nitrogens is 2. The highest BCUT2D eigenvalue weighted by Gasteiger charge is 2.29. The van der Waals surface area contributed by atoms with Crippen LogP contribution >= 0.6 is 0 Å². The Hall–Kier alpha value is -3.95. The van der Waals surface area contributed by atoms with Crippen molar-refractivity contribution in [2.24, 2.45) is 0 Å². The molecular formula is C31H30F3N3O2Si. The molecule has 1 aliphatic heterocycles. The smallest absolute Gasteiger partial charge is 0.360 e. The zero-order valence-corrected chi connectivity index (χ0v) is 23.5. The molecule has 0 radical (unpaired) electrons. The van der Waals surface area contributed by atoms with Crippen molar-refractivity contribution in [1.29, 1.82) is 0 Å². The minimum atomic E-state index is -4.37. The number of amides is 1. The molecule has 1 amide bonds. The minimum Gasteiger partial charge on any atom is -0.360 e. The van der Waals surface area contributed by atoms with E-state index in [9.17, 15) is 18.0 Å². The van der Waals surface area contributed by atoms with Crippen LogP contribution in [0.5, 0.6) is 0 Å². The van der Waals surface area contributed by atoms with Crippen molar-refractivity contribution < 1.29 is 22.7 Å². The first-order chi connectivity index (χ1) is 19.0. The van der Waals surface area contributed by atoms with E-state index in [0.717, 1.165) is 45.9 Å². The highest BCUT2D eigenvalue weighted by molar-refractivity contribution is 6.76. The topological polar surface area (TPSA) is 56.2 Å². The first-order valence-corrected chi connectivity index (χ1v) is 16.7. The molecule has 5 nitrogen and oxygen atoms in total. The van der Waals surface area contributed by atoms with Gasteiger partial charge in [0.1, 0.15) is 6.73 Å². The second kappa shape index (κ2) is 10.9. The van der Waals surface area contributed by atoms with Crippen molar-refractivity contribution in [3.05, 3.63) is 94.7 Å².